The van der Waals surface area contributed by atoms with E-state index in [-0.39, 0.29) is 17.2 Å². The van der Waals surface area contributed by atoms with Crippen molar-refractivity contribution in [2.75, 3.05) is 19.1 Å². The number of methoxy groups -OCH3 is 1. The SMILES string of the molecule is CCCCCCCCC=CCCCCCCCC(=O)N(C)c1ccc(OC(C)=O)c(C(=O)OC)c1. The lowest BCUT2D eigenvalue weighted by Gasteiger charge is -2.19. The molecule has 0 atom stereocenters. The molecular formula is C29H45NO5. The molecule has 1 rings (SSSR count). The molecule has 1 aromatic carbocycles. The van der Waals surface area contributed by atoms with E-state index in [1.807, 2.05) is 0 Å². The Morgan fingerprint density at radius 3 is 2.00 bits per heavy atom. The molecule has 0 fully saturated rings. The molecular weight excluding hydrogens is 442 g/mol. The lowest BCUT2D eigenvalue weighted by atomic mass is 10.1. The van der Waals surface area contributed by atoms with Crippen molar-refractivity contribution in [3.63, 3.8) is 0 Å². The van der Waals surface area contributed by atoms with Crippen LogP contribution in [-0.4, -0.2) is 32.0 Å². The summed E-state index contributed by atoms with van der Waals surface area (Å²) in [6.07, 6.45) is 20.9. The van der Waals surface area contributed by atoms with Crippen LogP contribution in [0.25, 0.3) is 0 Å². The molecule has 196 valence electrons. The first-order valence-corrected chi connectivity index (χ1v) is 13.2. The first-order chi connectivity index (χ1) is 16.9. The number of benzene rings is 1. The van der Waals surface area contributed by atoms with Crippen LogP contribution in [0.3, 0.4) is 0 Å². The third-order valence-corrected chi connectivity index (χ3v) is 6.04. The normalized spacial score (nSPS) is 11.0. The molecule has 0 spiro atoms. The van der Waals surface area contributed by atoms with Gasteiger partial charge in [-0.3, -0.25) is 9.59 Å². The second kappa shape index (κ2) is 18.7. The number of unbranched alkanes of at least 4 members (excludes halogenated alkanes) is 11. The summed E-state index contributed by atoms with van der Waals surface area (Å²) in [6, 6.07) is 4.68. The first kappa shape index (κ1) is 30.4. The molecule has 0 radical (unpaired) electrons. The van der Waals surface area contributed by atoms with Gasteiger partial charge in [-0.05, 0) is 50.3 Å². The average Bonchev–Trinajstić information content (AvgIpc) is 2.85. The largest absolute Gasteiger partial charge is 0.465 e. The highest BCUT2D eigenvalue weighted by atomic mass is 16.5. The summed E-state index contributed by atoms with van der Waals surface area (Å²) in [6.45, 7) is 3.51. The Morgan fingerprint density at radius 1 is 0.857 bits per heavy atom. The van der Waals surface area contributed by atoms with Gasteiger partial charge in [-0.15, -0.1) is 0 Å². The molecule has 0 N–H and O–H groups in total. The molecule has 35 heavy (non-hydrogen) atoms. The van der Waals surface area contributed by atoms with E-state index in [0.29, 0.717) is 12.1 Å². The van der Waals surface area contributed by atoms with E-state index < -0.39 is 11.9 Å². The van der Waals surface area contributed by atoms with Gasteiger partial charge in [-0.1, -0.05) is 70.4 Å². The van der Waals surface area contributed by atoms with Gasteiger partial charge in [0.2, 0.25) is 5.91 Å². The summed E-state index contributed by atoms with van der Waals surface area (Å²) in [5, 5.41) is 0. The number of carbonyl (C=O) groups excluding carboxylic acids is 3. The van der Waals surface area contributed by atoms with Crippen LogP contribution in [0.4, 0.5) is 5.69 Å². The molecule has 0 aliphatic rings. The lowest BCUT2D eigenvalue weighted by molar-refractivity contribution is -0.131. The topological polar surface area (TPSA) is 72.9 Å². The van der Waals surface area contributed by atoms with Crippen molar-refractivity contribution in [2.24, 2.45) is 0 Å². The minimum Gasteiger partial charge on any atom is -0.465 e. The van der Waals surface area contributed by atoms with E-state index >= 15 is 0 Å². The van der Waals surface area contributed by atoms with Crippen LogP contribution >= 0.6 is 0 Å². The number of rotatable bonds is 18. The predicted octanol–water partition coefficient (Wildman–Crippen LogP) is 7.40. The Bertz CT molecular complexity index is 802. The van der Waals surface area contributed by atoms with Crippen LogP contribution in [0.15, 0.2) is 30.4 Å². The number of esters is 2. The number of hydrogen-bond acceptors (Lipinski definition) is 5. The van der Waals surface area contributed by atoms with Gasteiger partial charge in [0.05, 0.1) is 7.11 Å². The quantitative estimate of drug-likeness (QED) is 0.0933. The van der Waals surface area contributed by atoms with Crippen molar-refractivity contribution in [3.8, 4) is 5.75 Å². The van der Waals surface area contributed by atoms with Crippen LogP contribution in [-0.2, 0) is 14.3 Å². The number of carbonyl (C=O) groups is 3. The monoisotopic (exact) mass is 487 g/mol. The third-order valence-electron chi connectivity index (χ3n) is 6.04. The van der Waals surface area contributed by atoms with E-state index in [0.717, 1.165) is 25.7 Å². The van der Waals surface area contributed by atoms with Crippen LogP contribution in [0.5, 0.6) is 5.75 Å². The summed E-state index contributed by atoms with van der Waals surface area (Å²) < 4.78 is 9.85. The Labute approximate surface area is 212 Å². The van der Waals surface area contributed by atoms with Crippen LogP contribution < -0.4 is 9.64 Å². The number of allylic oxidation sites excluding steroid dienone is 2. The zero-order chi connectivity index (χ0) is 25.9. The summed E-state index contributed by atoms with van der Waals surface area (Å²) in [4.78, 5) is 37.5. The van der Waals surface area contributed by atoms with Gasteiger partial charge in [0.1, 0.15) is 11.3 Å². The second-order valence-corrected chi connectivity index (χ2v) is 9.05. The van der Waals surface area contributed by atoms with Gasteiger partial charge < -0.3 is 14.4 Å². The fourth-order valence-electron chi connectivity index (χ4n) is 3.90. The van der Waals surface area contributed by atoms with Gasteiger partial charge in [-0.2, -0.15) is 0 Å². The van der Waals surface area contributed by atoms with Gasteiger partial charge in [0, 0.05) is 26.1 Å². The molecule has 0 heterocycles. The van der Waals surface area contributed by atoms with E-state index in [4.69, 9.17) is 9.47 Å². The maximum atomic E-state index is 12.6. The van der Waals surface area contributed by atoms with Gasteiger partial charge >= 0.3 is 11.9 Å². The van der Waals surface area contributed by atoms with Gasteiger partial charge in [0.15, 0.2) is 0 Å². The van der Waals surface area contributed by atoms with Gasteiger partial charge in [0.25, 0.3) is 0 Å². The average molecular weight is 488 g/mol. The van der Waals surface area contributed by atoms with E-state index in [2.05, 4.69) is 19.1 Å². The van der Waals surface area contributed by atoms with Crippen molar-refractivity contribution in [1.29, 1.82) is 0 Å². The molecule has 0 saturated heterocycles. The van der Waals surface area contributed by atoms with Crippen LogP contribution in [0, 0.1) is 0 Å². The Hall–Kier alpha value is -2.63. The van der Waals surface area contributed by atoms with Crippen molar-refractivity contribution in [2.45, 2.75) is 104 Å². The van der Waals surface area contributed by atoms with E-state index in [9.17, 15) is 14.4 Å². The first-order valence-electron chi connectivity index (χ1n) is 13.2. The Kier molecular flexibility index (Phi) is 16.2. The maximum absolute atomic E-state index is 12.6. The summed E-state index contributed by atoms with van der Waals surface area (Å²) in [7, 11) is 2.94. The highest BCUT2D eigenvalue weighted by Gasteiger charge is 2.19. The van der Waals surface area contributed by atoms with Crippen LogP contribution in [0.2, 0.25) is 0 Å². The minimum absolute atomic E-state index is 0.0151. The molecule has 0 saturated carbocycles. The maximum Gasteiger partial charge on any atom is 0.341 e. The Balaban J connectivity index is 2.26. The molecule has 6 nitrogen and oxygen atoms in total. The van der Waals surface area contributed by atoms with Crippen molar-refractivity contribution in [1.82, 2.24) is 0 Å². The second-order valence-electron chi connectivity index (χ2n) is 9.05. The highest BCUT2D eigenvalue weighted by Crippen LogP contribution is 2.26. The number of amides is 1. The van der Waals surface area contributed by atoms with Crippen molar-refractivity contribution in [3.05, 3.63) is 35.9 Å². The molecule has 0 aliphatic carbocycles. The van der Waals surface area contributed by atoms with Crippen molar-refractivity contribution >= 4 is 23.5 Å². The minimum atomic E-state index is -0.624. The Morgan fingerprint density at radius 2 is 1.43 bits per heavy atom. The van der Waals surface area contributed by atoms with Crippen molar-refractivity contribution < 1.29 is 23.9 Å². The number of hydrogen-bond donors (Lipinski definition) is 0. The fourth-order valence-corrected chi connectivity index (χ4v) is 3.90. The predicted molar refractivity (Wildman–Crippen MR) is 142 cm³/mol. The number of ether oxygens (including phenoxy) is 2. The van der Waals surface area contributed by atoms with E-state index in [1.165, 1.54) is 88.9 Å². The number of nitrogens with zero attached hydrogens (tertiary/aromatic N) is 1. The molecule has 6 heteroatoms. The number of anilines is 1. The standard InChI is InChI=1S/C29H45NO5/c1-5-6-7-8-9-10-11-12-13-14-15-16-17-18-19-20-28(32)30(3)25-21-22-27(35-24(2)31)26(23-25)29(33)34-4/h12-13,21-23H,5-11,14-20H2,1-4H3. The molecule has 1 amide bonds. The summed E-state index contributed by atoms with van der Waals surface area (Å²) in [5.41, 5.74) is 0.667. The smallest absolute Gasteiger partial charge is 0.341 e. The summed E-state index contributed by atoms with van der Waals surface area (Å²) in [5.74, 6) is -1.05. The third kappa shape index (κ3) is 13.1. The zero-order valence-corrected chi connectivity index (χ0v) is 22.3. The summed E-state index contributed by atoms with van der Waals surface area (Å²) >= 11 is 0. The molecule has 1 aromatic rings. The van der Waals surface area contributed by atoms with Crippen LogP contribution in [0.1, 0.15) is 114 Å². The highest BCUT2D eigenvalue weighted by molar-refractivity contribution is 5.98. The lowest BCUT2D eigenvalue weighted by Crippen LogP contribution is -2.26. The molecule has 0 aromatic heterocycles. The zero-order valence-electron chi connectivity index (χ0n) is 22.3. The molecule has 0 aliphatic heterocycles. The van der Waals surface area contributed by atoms with E-state index in [1.54, 1.807) is 13.1 Å². The molecule has 0 bridgehead atoms. The fraction of sp³-hybridized carbons (Fsp3) is 0.621. The van der Waals surface area contributed by atoms with Gasteiger partial charge in [-0.25, -0.2) is 4.79 Å². The molecule has 0 unspecified atom stereocenters.